The summed E-state index contributed by atoms with van der Waals surface area (Å²) in [6.45, 7) is 0. The topological polar surface area (TPSA) is 155 Å². The van der Waals surface area contributed by atoms with E-state index in [9.17, 15) is 0 Å². The number of nitrogens with zero attached hydrogens (tertiary/aromatic N) is 9. The second kappa shape index (κ2) is 32.2. The van der Waals surface area contributed by atoms with E-state index in [4.69, 9.17) is 58.1 Å². The van der Waals surface area contributed by atoms with Crippen LogP contribution >= 0.6 is 0 Å². The van der Waals surface area contributed by atoms with Crippen LogP contribution in [-0.4, -0.2) is 44.9 Å². The summed E-state index contributed by atoms with van der Waals surface area (Å²) in [6, 6.07) is 147. The number of fused-ring (bicyclic) bond motifs is 13. The molecule has 0 radical (unpaired) electrons. The Labute approximate surface area is 728 Å². The Hall–Kier alpha value is -17.4. The van der Waals surface area contributed by atoms with E-state index in [1.165, 1.54) is 49.5 Å². The SMILES string of the molecule is c1ccc(-c2ccc3cc(-c4nc(-c5ccc6ccccc6c5)nc(-c5cccc6oc7ccccc7c56)n4)ccc3c2)cc1.c1ccc(-c2ccc3cc(-c4nc(-c5ccccc5)nc(-c5cccc6oc7ccccc7c56)n4)ccc3c2)cc1.c1ccc(-c2nc(-c3ccc(-c4ccccc4)c4ccccc34)nc(-c3cccc4oc5ccccc5c34)n2)cc1. The number of hydrogen-bond acceptors (Lipinski definition) is 12. The molecule has 0 N–H and O–H groups in total. The lowest BCUT2D eigenvalue weighted by molar-refractivity contribution is 0.668. The van der Waals surface area contributed by atoms with Crippen molar-refractivity contribution in [1.82, 2.24) is 44.9 Å². The van der Waals surface area contributed by atoms with Crippen molar-refractivity contribution in [3.05, 3.63) is 431 Å². The van der Waals surface area contributed by atoms with Crippen molar-refractivity contribution >= 4 is 109 Å². The van der Waals surface area contributed by atoms with E-state index in [0.717, 1.165) is 143 Å². The Morgan fingerprint density at radius 2 is 0.370 bits per heavy atom. The summed E-state index contributed by atoms with van der Waals surface area (Å²) in [5.74, 6) is 5.63. The molecule has 127 heavy (non-hydrogen) atoms. The molecule has 0 aliphatic rings. The second-order valence-corrected chi connectivity index (χ2v) is 31.4. The van der Waals surface area contributed by atoms with Crippen molar-refractivity contribution in [3.8, 4) is 136 Å². The number of hydrogen-bond donors (Lipinski definition) is 0. The van der Waals surface area contributed by atoms with Crippen molar-refractivity contribution in [2.45, 2.75) is 0 Å². The quantitative estimate of drug-likeness (QED) is 0.114. The molecule has 0 amide bonds. The molecule has 25 aromatic rings. The van der Waals surface area contributed by atoms with E-state index < -0.39 is 0 Å². The van der Waals surface area contributed by atoms with Crippen molar-refractivity contribution < 1.29 is 13.3 Å². The third-order valence-corrected chi connectivity index (χ3v) is 23.6. The maximum Gasteiger partial charge on any atom is 0.164 e. The van der Waals surface area contributed by atoms with E-state index in [0.29, 0.717) is 52.4 Å². The highest BCUT2D eigenvalue weighted by molar-refractivity contribution is 6.15. The van der Waals surface area contributed by atoms with Crippen molar-refractivity contribution in [1.29, 1.82) is 0 Å². The number of furan rings is 3. The molecule has 0 fully saturated rings. The van der Waals surface area contributed by atoms with Crippen LogP contribution in [0, 0.1) is 0 Å². The maximum atomic E-state index is 6.21. The summed E-state index contributed by atoms with van der Waals surface area (Å²) in [5, 5.41) is 15.3. The van der Waals surface area contributed by atoms with Crippen LogP contribution in [0.1, 0.15) is 0 Å². The van der Waals surface area contributed by atoms with E-state index in [1.807, 2.05) is 170 Å². The molecule has 594 valence electrons. The minimum Gasteiger partial charge on any atom is -0.456 e. The summed E-state index contributed by atoms with van der Waals surface area (Å²) in [7, 11) is 0. The van der Waals surface area contributed by atoms with Gasteiger partial charge in [0.2, 0.25) is 0 Å². The molecule has 0 spiro atoms. The van der Waals surface area contributed by atoms with Crippen LogP contribution in [0.5, 0.6) is 0 Å². The highest BCUT2D eigenvalue weighted by Crippen LogP contribution is 2.44. The van der Waals surface area contributed by atoms with Crippen LogP contribution in [0.2, 0.25) is 0 Å². The smallest absolute Gasteiger partial charge is 0.164 e. The predicted octanol–water partition coefficient (Wildman–Crippen LogP) is 29.9. The Kier molecular flexibility index (Phi) is 19.0. The summed E-state index contributed by atoms with van der Waals surface area (Å²) >= 11 is 0. The first-order valence-corrected chi connectivity index (χ1v) is 42.3. The lowest BCUT2D eigenvalue weighted by Gasteiger charge is -2.13. The maximum absolute atomic E-state index is 6.21. The second-order valence-electron chi connectivity index (χ2n) is 31.4. The van der Waals surface area contributed by atoms with Gasteiger partial charge in [-0.3, -0.25) is 0 Å². The van der Waals surface area contributed by atoms with E-state index in [2.05, 4.69) is 261 Å². The molecule has 12 nitrogen and oxygen atoms in total. The summed E-state index contributed by atoms with van der Waals surface area (Å²) in [4.78, 5) is 45.4. The fourth-order valence-corrected chi connectivity index (χ4v) is 17.4. The summed E-state index contributed by atoms with van der Waals surface area (Å²) in [5.41, 5.74) is 20.5. The van der Waals surface area contributed by atoms with Gasteiger partial charge in [0.25, 0.3) is 0 Å². The van der Waals surface area contributed by atoms with Gasteiger partial charge in [-0.25, -0.2) is 44.9 Å². The fourth-order valence-electron chi connectivity index (χ4n) is 17.4. The molecule has 12 heteroatoms. The molecular formula is C115H71N9O3. The highest BCUT2D eigenvalue weighted by atomic mass is 16.3. The zero-order valence-corrected chi connectivity index (χ0v) is 68.2. The minimum atomic E-state index is 0.611. The van der Waals surface area contributed by atoms with Gasteiger partial charge < -0.3 is 13.3 Å². The number of benzene rings is 19. The van der Waals surface area contributed by atoms with Gasteiger partial charge in [0, 0.05) is 82.4 Å². The van der Waals surface area contributed by atoms with Gasteiger partial charge in [-0.05, 0) is 149 Å². The van der Waals surface area contributed by atoms with Gasteiger partial charge >= 0.3 is 0 Å². The monoisotopic (exact) mass is 1630 g/mol. The van der Waals surface area contributed by atoms with Gasteiger partial charge in [0.05, 0.1) is 0 Å². The Bertz CT molecular complexity index is 8530. The van der Waals surface area contributed by atoms with E-state index in [1.54, 1.807) is 0 Å². The number of aromatic nitrogens is 9. The van der Waals surface area contributed by atoms with Crippen LogP contribution in [0.25, 0.3) is 245 Å². The molecule has 6 heterocycles. The van der Waals surface area contributed by atoms with Gasteiger partial charge in [-0.15, -0.1) is 0 Å². The van der Waals surface area contributed by atoms with Crippen LogP contribution < -0.4 is 0 Å². The van der Waals surface area contributed by atoms with Crippen LogP contribution in [-0.2, 0) is 0 Å². The third-order valence-electron chi connectivity index (χ3n) is 23.6. The summed E-state index contributed by atoms with van der Waals surface area (Å²) in [6.07, 6.45) is 0. The van der Waals surface area contributed by atoms with E-state index in [-0.39, 0.29) is 0 Å². The van der Waals surface area contributed by atoms with Crippen molar-refractivity contribution in [3.63, 3.8) is 0 Å². The van der Waals surface area contributed by atoms with Crippen LogP contribution in [0.4, 0.5) is 0 Å². The molecule has 0 saturated heterocycles. The van der Waals surface area contributed by atoms with Gasteiger partial charge in [-0.1, -0.05) is 358 Å². The number of para-hydroxylation sites is 3. The average Bonchev–Trinajstić information content (AvgIpc) is 1.65. The first-order chi connectivity index (χ1) is 62.9. The van der Waals surface area contributed by atoms with Gasteiger partial charge in [-0.2, -0.15) is 0 Å². The Balaban J connectivity index is 0.000000109. The third kappa shape index (κ3) is 14.3. The van der Waals surface area contributed by atoms with Crippen molar-refractivity contribution in [2.24, 2.45) is 0 Å². The first kappa shape index (κ1) is 74.7. The lowest BCUT2D eigenvalue weighted by Crippen LogP contribution is -2.01. The highest BCUT2D eigenvalue weighted by Gasteiger charge is 2.24. The Morgan fingerprint density at radius 1 is 0.126 bits per heavy atom. The molecule has 0 bridgehead atoms. The molecule has 6 aromatic heterocycles. The standard InChI is InChI=1S/C41H25N3O.2C37H23N3O/c1-2-9-26(10-3-1)29-18-19-31-25-33(22-20-30(31)23-29)40-42-39(32-21-17-27-11-4-5-12-28(27)24-32)43-41(44-40)35-14-8-16-37-38(35)34-13-6-7-15-36(34)45-37;1-3-12-24(13-4-1)26-22-23-29(28-17-8-7-16-27(26)28)36-38-35(25-14-5-2-6-15-25)39-37(40-36)31-19-11-21-33-34(31)30-18-9-10-20-32(30)41-33;1-3-10-24(11-4-1)26-18-19-28-23-29(21-20-27(28)22-26)36-38-35(25-12-5-2-6-13-25)39-37(40-36)31-15-9-17-33-34(31)30-14-7-8-16-32(30)41-33/h1-25H;2*1-23H. The minimum absolute atomic E-state index is 0.611. The lowest BCUT2D eigenvalue weighted by atomic mass is 9.94. The molecule has 0 aliphatic carbocycles. The molecule has 0 atom stereocenters. The molecular weight excluding hydrogens is 1560 g/mol. The average molecular weight is 1630 g/mol. The van der Waals surface area contributed by atoms with Gasteiger partial charge in [0.15, 0.2) is 52.4 Å². The summed E-state index contributed by atoms with van der Waals surface area (Å²) < 4.78 is 18.6. The number of rotatable bonds is 12. The molecule has 25 rings (SSSR count). The largest absolute Gasteiger partial charge is 0.456 e. The van der Waals surface area contributed by atoms with Crippen molar-refractivity contribution in [2.75, 3.05) is 0 Å². The van der Waals surface area contributed by atoms with E-state index >= 15 is 0 Å². The molecule has 0 unspecified atom stereocenters. The predicted molar refractivity (Wildman–Crippen MR) is 517 cm³/mol. The van der Waals surface area contributed by atoms with Gasteiger partial charge in [0.1, 0.15) is 33.5 Å². The first-order valence-electron chi connectivity index (χ1n) is 42.3. The normalized spacial score (nSPS) is 11.5. The zero-order valence-electron chi connectivity index (χ0n) is 68.2. The Morgan fingerprint density at radius 3 is 0.756 bits per heavy atom. The molecule has 0 saturated carbocycles. The van der Waals surface area contributed by atoms with Crippen LogP contribution in [0.3, 0.4) is 0 Å². The fraction of sp³-hybridized carbons (Fsp3) is 0. The molecule has 0 aliphatic heterocycles. The zero-order chi connectivity index (χ0) is 84.1. The molecule has 19 aromatic carbocycles. The van der Waals surface area contributed by atoms with Crippen LogP contribution in [0.15, 0.2) is 444 Å².